The molecule has 0 amide bonds. The van der Waals surface area contributed by atoms with Gasteiger partial charge in [-0.15, -0.1) is 5.10 Å². The van der Waals surface area contributed by atoms with Gasteiger partial charge in [-0.3, -0.25) is 9.78 Å². The molecule has 1 fully saturated rings. The molecule has 1 aliphatic heterocycles. The van der Waals surface area contributed by atoms with E-state index in [1.165, 1.54) is 11.0 Å². The van der Waals surface area contributed by atoms with Gasteiger partial charge in [-0.25, -0.2) is 4.99 Å². The summed E-state index contributed by atoms with van der Waals surface area (Å²) in [6, 6.07) is 0. The minimum Gasteiger partial charge on any atom is -0.394 e. The Morgan fingerprint density at radius 2 is 2.35 bits per heavy atom. The Morgan fingerprint density at radius 3 is 3.00 bits per heavy atom. The molecule has 0 aliphatic carbocycles. The van der Waals surface area contributed by atoms with E-state index in [2.05, 4.69) is 25.3 Å². The van der Waals surface area contributed by atoms with Crippen molar-refractivity contribution in [1.29, 1.82) is 0 Å². The lowest BCUT2D eigenvalue weighted by atomic mass is 10.2. The first kappa shape index (κ1) is 15.5. The van der Waals surface area contributed by atoms with Crippen LogP contribution in [0.3, 0.4) is 0 Å². The molecule has 3 rings (SSSR count). The highest BCUT2D eigenvalue weighted by atomic mass is 16.5. The molecule has 3 heterocycles. The SMILES string of the molecule is CN(C)C=Nc1nc2c(nnn2[C@H]2C[C@H](O)[C@@H](CO)O2)c(=O)[nH]1. The molecule has 0 unspecified atom stereocenters. The second kappa shape index (κ2) is 6.02. The minimum atomic E-state index is -0.822. The van der Waals surface area contributed by atoms with Crippen molar-refractivity contribution < 1.29 is 14.9 Å². The first-order valence-electron chi connectivity index (χ1n) is 7.00. The highest BCUT2D eigenvalue weighted by molar-refractivity contribution is 5.70. The summed E-state index contributed by atoms with van der Waals surface area (Å²) in [5.41, 5.74) is -0.209. The van der Waals surface area contributed by atoms with Crippen LogP contribution in [0.25, 0.3) is 11.2 Å². The fourth-order valence-corrected chi connectivity index (χ4v) is 2.28. The predicted molar refractivity (Wildman–Crippen MR) is 79.4 cm³/mol. The molecule has 1 aliphatic rings. The summed E-state index contributed by atoms with van der Waals surface area (Å²) >= 11 is 0. The lowest BCUT2D eigenvalue weighted by Crippen LogP contribution is -2.24. The predicted octanol–water partition coefficient (Wildman–Crippen LogP) is -1.62. The van der Waals surface area contributed by atoms with Crippen LogP contribution in [0.4, 0.5) is 5.95 Å². The van der Waals surface area contributed by atoms with Gasteiger partial charge in [0.25, 0.3) is 5.56 Å². The molecule has 0 bridgehead atoms. The van der Waals surface area contributed by atoms with Crippen molar-refractivity contribution in [3.63, 3.8) is 0 Å². The fourth-order valence-electron chi connectivity index (χ4n) is 2.28. The summed E-state index contributed by atoms with van der Waals surface area (Å²) in [5.74, 6) is 0.108. The molecule has 23 heavy (non-hydrogen) atoms. The number of aromatic amines is 1. The molecule has 2 aromatic heterocycles. The van der Waals surface area contributed by atoms with Gasteiger partial charge in [0.05, 0.1) is 19.0 Å². The number of fused-ring (bicyclic) bond motifs is 1. The molecule has 2 aromatic rings. The highest BCUT2D eigenvalue weighted by Crippen LogP contribution is 2.29. The molecule has 0 spiro atoms. The number of hydrogen-bond acceptors (Lipinski definition) is 8. The molecule has 11 heteroatoms. The van der Waals surface area contributed by atoms with Crippen LogP contribution in [0, 0.1) is 0 Å². The lowest BCUT2D eigenvalue weighted by molar-refractivity contribution is -0.0476. The van der Waals surface area contributed by atoms with E-state index < -0.39 is 24.0 Å². The number of nitrogens with zero attached hydrogens (tertiary/aromatic N) is 6. The van der Waals surface area contributed by atoms with Crippen molar-refractivity contribution in [3.05, 3.63) is 10.4 Å². The van der Waals surface area contributed by atoms with E-state index in [1.807, 2.05) is 0 Å². The number of hydrogen-bond donors (Lipinski definition) is 3. The van der Waals surface area contributed by atoms with E-state index in [1.54, 1.807) is 19.0 Å². The van der Waals surface area contributed by atoms with Crippen LogP contribution in [0.2, 0.25) is 0 Å². The maximum absolute atomic E-state index is 12.0. The standard InChI is InChI=1S/C12H17N7O4/c1-18(2)5-13-12-14-10-9(11(22)15-12)16-17-19(10)8-3-6(21)7(4-20)23-8/h5-8,20-21H,3-4H2,1-2H3,(H,14,15,22)/t6-,7+,8+/m0/s1. The Hall–Kier alpha value is -2.37. The van der Waals surface area contributed by atoms with Gasteiger partial charge in [-0.05, 0) is 0 Å². The smallest absolute Gasteiger partial charge is 0.282 e. The largest absolute Gasteiger partial charge is 0.394 e. The number of aliphatic hydroxyl groups excluding tert-OH is 2. The zero-order valence-corrected chi connectivity index (χ0v) is 12.6. The minimum absolute atomic E-state index is 0.0549. The summed E-state index contributed by atoms with van der Waals surface area (Å²) in [6.07, 6.45) is -0.471. The summed E-state index contributed by atoms with van der Waals surface area (Å²) in [7, 11) is 3.57. The summed E-state index contributed by atoms with van der Waals surface area (Å²) < 4.78 is 6.83. The summed E-state index contributed by atoms with van der Waals surface area (Å²) in [5, 5.41) is 26.6. The average molecular weight is 323 g/mol. The summed E-state index contributed by atoms with van der Waals surface area (Å²) in [4.78, 5) is 24.5. The molecule has 0 saturated carbocycles. The number of rotatable bonds is 4. The molecular formula is C12H17N7O4. The molecule has 1 saturated heterocycles. The van der Waals surface area contributed by atoms with Gasteiger partial charge in [0.1, 0.15) is 6.10 Å². The van der Waals surface area contributed by atoms with E-state index in [4.69, 9.17) is 9.84 Å². The van der Waals surface area contributed by atoms with E-state index in [0.717, 1.165) is 0 Å². The van der Waals surface area contributed by atoms with Gasteiger partial charge < -0.3 is 19.8 Å². The van der Waals surface area contributed by atoms with Gasteiger partial charge in [-0.2, -0.15) is 9.67 Å². The second-order valence-electron chi connectivity index (χ2n) is 5.42. The zero-order valence-electron chi connectivity index (χ0n) is 12.6. The van der Waals surface area contributed by atoms with Crippen LogP contribution in [-0.4, -0.2) is 79.3 Å². The highest BCUT2D eigenvalue weighted by Gasteiger charge is 2.36. The van der Waals surface area contributed by atoms with Crippen LogP contribution >= 0.6 is 0 Å². The van der Waals surface area contributed by atoms with Crippen molar-refractivity contribution >= 4 is 23.5 Å². The number of aromatic nitrogens is 5. The normalized spacial score (nSPS) is 24.8. The van der Waals surface area contributed by atoms with E-state index >= 15 is 0 Å². The number of ether oxygens (including phenoxy) is 1. The maximum Gasteiger partial charge on any atom is 0.282 e. The molecule has 0 radical (unpaired) electrons. The number of aliphatic hydroxyl groups is 2. The topological polar surface area (TPSA) is 142 Å². The first-order chi connectivity index (χ1) is 11.0. The van der Waals surface area contributed by atoms with E-state index in [9.17, 15) is 9.90 Å². The fraction of sp³-hybridized carbons (Fsp3) is 0.583. The maximum atomic E-state index is 12.0. The molecule has 124 valence electrons. The Kier molecular flexibility index (Phi) is 4.07. The third-order valence-corrected chi connectivity index (χ3v) is 3.39. The third-order valence-electron chi connectivity index (χ3n) is 3.39. The van der Waals surface area contributed by atoms with Gasteiger partial charge >= 0.3 is 0 Å². The first-order valence-corrected chi connectivity index (χ1v) is 7.00. The Labute approximate surface area is 130 Å². The molecule has 11 nitrogen and oxygen atoms in total. The summed E-state index contributed by atoms with van der Waals surface area (Å²) in [6.45, 7) is -0.309. The third kappa shape index (κ3) is 2.93. The van der Waals surface area contributed by atoms with Crippen LogP contribution in [0.5, 0.6) is 0 Å². The Balaban J connectivity index is 2.00. The molecule has 3 atom stereocenters. The lowest BCUT2D eigenvalue weighted by Gasteiger charge is -2.11. The van der Waals surface area contributed by atoms with Gasteiger partial charge in [0.2, 0.25) is 5.95 Å². The van der Waals surface area contributed by atoms with E-state index in [0.29, 0.717) is 0 Å². The monoisotopic (exact) mass is 323 g/mol. The zero-order chi connectivity index (χ0) is 16.6. The Bertz CT molecular complexity index is 783. The number of nitrogens with one attached hydrogen (secondary N) is 1. The van der Waals surface area contributed by atoms with Crippen molar-refractivity contribution in [1.82, 2.24) is 29.9 Å². The van der Waals surface area contributed by atoms with Crippen LogP contribution in [-0.2, 0) is 4.74 Å². The Morgan fingerprint density at radius 1 is 1.57 bits per heavy atom. The van der Waals surface area contributed by atoms with Crippen LogP contribution < -0.4 is 5.56 Å². The van der Waals surface area contributed by atoms with Crippen molar-refractivity contribution in [3.8, 4) is 0 Å². The van der Waals surface area contributed by atoms with Gasteiger partial charge in [0.15, 0.2) is 17.4 Å². The molecular weight excluding hydrogens is 306 g/mol. The van der Waals surface area contributed by atoms with Crippen molar-refractivity contribution in [2.45, 2.75) is 24.9 Å². The van der Waals surface area contributed by atoms with Gasteiger partial charge in [-0.1, -0.05) is 5.21 Å². The molecule has 0 aromatic carbocycles. The number of H-pyrrole nitrogens is 1. The van der Waals surface area contributed by atoms with Crippen molar-refractivity contribution in [2.24, 2.45) is 4.99 Å². The van der Waals surface area contributed by atoms with Crippen LogP contribution in [0.1, 0.15) is 12.6 Å². The van der Waals surface area contributed by atoms with E-state index in [-0.39, 0.29) is 30.1 Å². The van der Waals surface area contributed by atoms with Crippen LogP contribution in [0.15, 0.2) is 9.79 Å². The van der Waals surface area contributed by atoms with Gasteiger partial charge in [0, 0.05) is 20.5 Å². The average Bonchev–Trinajstić information content (AvgIpc) is 3.08. The number of aliphatic imine (C=N–C) groups is 1. The second-order valence-corrected chi connectivity index (χ2v) is 5.42. The van der Waals surface area contributed by atoms with Crippen molar-refractivity contribution in [2.75, 3.05) is 20.7 Å². The molecule has 3 N–H and O–H groups in total. The quantitative estimate of drug-likeness (QED) is 0.450.